The molecule has 2 rings (SSSR count). The van der Waals surface area contributed by atoms with Crippen molar-refractivity contribution in [3.63, 3.8) is 0 Å². The van der Waals surface area contributed by atoms with Crippen LogP contribution in [0.15, 0.2) is 24.3 Å². The average Bonchev–Trinajstić information content (AvgIpc) is 3.31. The zero-order valence-electron chi connectivity index (χ0n) is 23.9. The maximum Gasteiger partial charge on any atom is 0.272 e. The number of hydrogen-bond donors (Lipinski definition) is 2. The molecule has 0 fully saturated rings. The zero-order chi connectivity index (χ0) is 27.5. The summed E-state index contributed by atoms with van der Waals surface area (Å²) in [5.41, 5.74) is 1.78. The Bertz CT molecular complexity index is 993. The molecule has 2 N–H and O–H groups in total. The van der Waals surface area contributed by atoms with Gasteiger partial charge in [-0.1, -0.05) is 59.9 Å². The van der Waals surface area contributed by atoms with E-state index >= 15 is 0 Å². The molecule has 0 aliphatic rings. The number of nitrogens with one attached hydrogen (secondary N) is 2. The van der Waals surface area contributed by atoms with Gasteiger partial charge in [-0.2, -0.15) is 5.10 Å². The third-order valence-corrected chi connectivity index (χ3v) is 6.88. The number of ether oxygens (including phenoxy) is 2. The first-order valence-corrected chi connectivity index (χ1v) is 13.5. The summed E-state index contributed by atoms with van der Waals surface area (Å²) in [6.45, 7) is 13.1. The van der Waals surface area contributed by atoms with Crippen LogP contribution in [-0.4, -0.2) is 48.4 Å². The molecule has 0 saturated heterocycles. The van der Waals surface area contributed by atoms with Crippen LogP contribution in [0.25, 0.3) is 11.3 Å². The second-order valence-electron chi connectivity index (χ2n) is 10.3. The molecule has 206 valence electrons. The Hall–Kier alpha value is -3.03. The highest BCUT2D eigenvalue weighted by molar-refractivity contribution is 5.94. The van der Waals surface area contributed by atoms with Crippen LogP contribution in [0.5, 0.6) is 11.5 Å². The van der Waals surface area contributed by atoms with Crippen molar-refractivity contribution in [2.24, 2.45) is 11.8 Å². The fraction of sp³-hybridized carbons (Fsp3) is 0.621. The lowest BCUT2D eigenvalue weighted by molar-refractivity contribution is -0.121. The second-order valence-corrected chi connectivity index (χ2v) is 10.3. The molecule has 0 bridgehead atoms. The third-order valence-electron chi connectivity index (χ3n) is 6.88. The van der Waals surface area contributed by atoms with Gasteiger partial charge in [0, 0.05) is 19.0 Å². The second kappa shape index (κ2) is 14.6. The molecule has 1 heterocycles. The van der Waals surface area contributed by atoms with Crippen LogP contribution in [0.2, 0.25) is 0 Å². The van der Waals surface area contributed by atoms with E-state index in [0.29, 0.717) is 23.7 Å². The minimum Gasteiger partial charge on any atom is -0.496 e. The summed E-state index contributed by atoms with van der Waals surface area (Å²) in [4.78, 5) is 25.9. The van der Waals surface area contributed by atoms with E-state index in [1.54, 1.807) is 20.3 Å². The third kappa shape index (κ3) is 8.23. The maximum atomic E-state index is 13.4. The standard InChI is InChI=1S/C29H46N4O4/c1-9-10-11-12-16-30-27(34)18-22(20(4)5)31-29(35)23-17-24(33(32-23)21(6)19(2)3)28-25(36-7)14-13-15-26(28)37-8/h13-15,17,19-22H,9-12,16,18H2,1-8H3,(H,30,34)(H,31,35). The smallest absolute Gasteiger partial charge is 0.272 e. The Morgan fingerprint density at radius 2 is 1.62 bits per heavy atom. The predicted molar refractivity (Wildman–Crippen MR) is 148 cm³/mol. The molecule has 2 unspecified atom stereocenters. The molecule has 2 aromatic rings. The lowest BCUT2D eigenvalue weighted by Crippen LogP contribution is -2.42. The van der Waals surface area contributed by atoms with Gasteiger partial charge in [0.05, 0.1) is 31.5 Å². The van der Waals surface area contributed by atoms with Gasteiger partial charge in [0.1, 0.15) is 11.5 Å². The monoisotopic (exact) mass is 514 g/mol. The van der Waals surface area contributed by atoms with Crippen LogP contribution in [-0.2, 0) is 4.79 Å². The predicted octanol–water partition coefficient (Wildman–Crippen LogP) is 5.63. The zero-order valence-corrected chi connectivity index (χ0v) is 23.9. The van der Waals surface area contributed by atoms with Gasteiger partial charge in [-0.3, -0.25) is 14.3 Å². The van der Waals surface area contributed by atoms with Crippen molar-refractivity contribution in [3.05, 3.63) is 30.0 Å². The number of carbonyl (C=O) groups is 2. The van der Waals surface area contributed by atoms with Gasteiger partial charge >= 0.3 is 0 Å². The largest absolute Gasteiger partial charge is 0.496 e. The van der Waals surface area contributed by atoms with Crippen LogP contribution in [0, 0.1) is 11.8 Å². The van der Waals surface area contributed by atoms with Crippen LogP contribution >= 0.6 is 0 Å². The van der Waals surface area contributed by atoms with Crippen LogP contribution < -0.4 is 20.1 Å². The normalized spacial score (nSPS) is 12.9. The number of benzene rings is 1. The highest BCUT2D eigenvalue weighted by Crippen LogP contribution is 2.40. The Morgan fingerprint density at radius 3 is 2.16 bits per heavy atom. The number of hydrogen-bond acceptors (Lipinski definition) is 5. The quantitative estimate of drug-likeness (QED) is 0.301. The van der Waals surface area contributed by atoms with Crippen LogP contribution in [0.3, 0.4) is 0 Å². The first-order valence-electron chi connectivity index (χ1n) is 13.5. The summed E-state index contributed by atoms with van der Waals surface area (Å²) in [5, 5.41) is 10.8. The van der Waals surface area contributed by atoms with E-state index in [4.69, 9.17) is 14.6 Å². The van der Waals surface area contributed by atoms with Crippen molar-refractivity contribution in [2.45, 2.75) is 85.7 Å². The topological polar surface area (TPSA) is 94.5 Å². The van der Waals surface area contributed by atoms with Crippen LogP contribution in [0.4, 0.5) is 0 Å². The molecule has 37 heavy (non-hydrogen) atoms. The lowest BCUT2D eigenvalue weighted by atomic mass is 10.00. The van der Waals surface area contributed by atoms with Crippen molar-refractivity contribution in [3.8, 4) is 22.8 Å². The Balaban J connectivity index is 2.31. The summed E-state index contributed by atoms with van der Waals surface area (Å²) in [5.74, 6) is 1.28. The molecule has 0 radical (unpaired) electrons. The van der Waals surface area contributed by atoms with E-state index in [-0.39, 0.29) is 42.2 Å². The molecule has 0 aliphatic heterocycles. The van der Waals surface area contributed by atoms with Gasteiger partial charge in [-0.25, -0.2) is 0 Å². The average molecular weight is 515 g/mol. The molecule has 0 spiro atoms. The summed E-state index contributed by atoms with van der Waals surface area (Å²) in [6, 6.07) is 7.09. The Kier molecular flexibility index (Phi) is 12.0. The van der Waals surface area contributed by atoms with Gasteiger partial charge < -0.3 is 20.1 Å². The van der Waals surface area contributed by atoms with Gasteiger partial charge in [0.25, 0.3) is 5.91 Å². The van der Waals surface area contributed by atoms with E-state index < -0.39 is 0 Å². The van der Waals surface area contributed by atoms with Gasteiger partial charge in [0.15, 0.2) is 5.69 Å². The van der Waals surface area contributed by atoms with Crippen molar-refractivity contribution < 1.29 is 19.1 Å². The molecule has 2 atom stereocenters. The molecule has 8 heteroatoms. The molecular formula is C29H46N4O4. The molecule has 1 aromatic carbocycles. The van der Waals surface area contributed by atoms with Gasteiger partial charge in [-0.05, 0) is 43.4 Å². The van der Waals surface area contributed by atoms with E-state index in [0.717, 1.165) is 30.5 Å². The Labute approximate surface area is 222 Å². The van der Waals surface area contributed by atoms with Crippen LogP contribution in [0.1, 0.15) is 90.2 Å². The first kappa shape index (κ1) is 30.2. The number of methoxy groups -OCH3 is 2. The number of unbranched alkanes of at least 4 members (excludes halogenated alkanes) is 3. The minimum atomic E-state index is -0.306. The number of aromatic nitrogens is 2. The summed E-state index contributed by atoms with van der Waals surface area (Å²) < 4.78 is 13.1. The summed E-state index contributed by atoms with van der Waals surface area (Å²) >= 11 is 0. The SMILES string of the molecule is CCCCCCNC(=O)CC(NC(=O)c1cc(-c2c(OC)cccc2OC)n(C(C)C(C)C)n1)C(C)C. The van der Waals surface area contributed by atoms with E-state index in [2.05, 4.69) is 38.3 Å². The van der Waals surface area contributed by atoms with Crippen molar-refractivity contribution >= 4 is 11.8 Å². The molecule has 8 nitrogen and oxygen atoms in total. The first-order chi connectivity index (χ1) is 17.6. The lowest BCUT2D eigenvalue weighted by Gasteiger charge is -2.22. The molecular weight excluding hydrogens is 468 g/mol. The van der Waals surface area contributed by atoms with Crippen molar-refractivity contribution in [1.82, 2.24) is 20.4 Å². The van der Waals surface area contributed by atoms with E-state index in [1.807, 2.05) is 36.7 Å². The molecule has 1 aromatic heterocycles. The minimum absolute atomic E-state index is 0.0190. The fourth-order valence-corrected chi connectivity index (χ4v) is 4.14. The highest BCUT2D eigenvalue weighted by Gasteiger charge is 2.27. The van der Waals surface area contributed by atoms with Gasteiger partial charge in [-0.15, -0.1) is 0 Å². The molecule has 0 aliphatic carbocycles. The van der Waals surface area contributed by atoms with Crippen molar-refractivity contribution in [2.75, 3.05) is 20.8 Å². The van der Waals surface area contributed by atoms with Crippen molar-refractivity contribution in [1.29, 1.82) is 0 Å². The number of carbonyl (C=O) groups excluding carboxylic acids is 2. The number of nitrogens with zero attached hydrogens (tertiary/aromatic N) is 2. The summed E-state index contributed by atoms with van der Waals surface area (Å²) in [6.07, 6.45) is 4.64. The van der Waals surface area contributed by atoms with E-state index in [1.165, 1.54) is 6.42 Å². The fourth-order valence-electron chi connectivity index (χ4n) is 4.14. The number of rotatable bonds is 15. The summed E-state index contributed by atoms with van der Waals surface area (Å²) in [7, 11) is 3.22. The van der Waals surface area contributed by atoms with E-state index in [9.17, 15) is 9.59 Å². The maximum absolute atomic E-state index is 13.4. The molecule has 2 amide bonds. The molecule has 0 saturated carbocycles. The van der Waals surface area contributed by atoms with Gasteiger partial charge in [0.2, 0.25) is 5.91 Å². The number of amides is 2. The highest BCUT2D eigenvalue weighted by atomic mass is 16.5. The Morgan fingerprint density at radius 1 is 0.973 bits per heavy atom.